The van der Waals surface area contributed by atoms with Crippen molar-refractivity contribution in [2.75, 3.05) is 26.2 Å². The Balaban J connectivity index is 1.36. The number of benzene rings is 2. The number of hydrogen-bond donors (Lipinski definition) is 1. The zero-order valence-corrected chi connectivity index (χ0v) is 14.8. The maximum absolute atomic E-state index is 12.8. The monoisotopic (exact) mass is 374 g/mol. The highest BCUT2D eigenvalue weighted by molar-refractivity contribution is 5.76. The van der Waals surface area contributed by atoms with E-state index in [9.17, 15) is 13.2 Å². The fraction of sp³-hybridized carbons (Fsp3) is 0.350. The van der Waals surface area contributed by atoms with Crippen molar-refractivity contribution in [3.05, 3.63) is 65.5 Å². The number of rotatable bonds is 4. The van der Waals surface area contributed by atoms with Gasteiger partial charge in [0.1, 0.15) is 5.82 Å². The topological polar surface area (TPSA) is 35.2 Å². The van der Waals surface area contributed by atoms with Gasteiger partial charge < -0.3 is 4.98 Å². The number of fused-ring (bicyclic) bond motifs is 1. The Morgan fingerprint density at radius 2 is 1.56 bits per heavy atom. The second-order valence-corrected chi connectivity index (χ2v) is 6.95. The number of nitrogens with one attached hydrogen (secondary N) is 1. The van der Waals surface area contributed by atoms with E-state index in [0.717, 1.165) is 44.9 Å². The first-order valence-corrected chi connectivity index (χ1v) is 9.02. The second-order valence-electron chi connectivity index (χ2n) is 6.95. The number of alkyl halides is 3. The molecule has 2 aromatic carbocycles. The quantitative estimate of drug-likeness (QED) is 0.752. The van der Waals surface area contributed by atoms with Crippen molar-refractivity contribution in [3.8, 4) is 0 Å². The molecule has 142 valence electrons. The molecule has 2 heterocycles. The standard InChI is InChI=1S/C20H21F3N4/c21-20(22,23)16-6-7-17-18(12-16)25-19(24-17)14-27-10-8-26(9-11-27)13-15-4-2-1-3-5-15/h1-7,12H,8-11,13-14H2,(H,24,25). The molecule has 0 amide bonds. The molecule has 1 aliphatic rings. The lowest BCUT2D eigenvalue weighted by Crippen LogP contribution is -2.45. The van der Waals surface area contributed by atoms with E-state index < -0.39 is 11.7 Å². The van der Waals surface area contributed by atoms with E-state index in [0.29, 0.717) is 23.4 Å². The van der Waals surface area contributed by atoms with Gasteiger partial charge in [0.25, 0.3) is 0 Å². The lowest BCUT2D eigenvalue weighted by Gasteiger charge is -2.34. The van der Waals surface area contributed by atoms with Crippen molar-refractivity contribution in [1.82, 2.24) is 19.8 Å². The minimum atomic E-state index is -4.34. The molecular weight excluding hydrogens is 353 g/mol. The van der Waals surface area contributed by atoms with Crippen LogP contribution in [0.1, 0.15) is 17.0 Å². The third kappa shape index (κ3) is 4.31. The van der Waals surface area contributed by atoms with Crippen LogP contribution in [0, 0.1) is 0 Å². The molecule has 0 radical (unpaired) electrons. The zero-order chi connectivity index (χ0) is 18.9. The predicted octanol–water partition coefficient (Wildman–Crippen LogP) is 3.90. The fourth-order valence-electron chi connectivity index (χ4n) is 3.47. The number of piperazine rings is 1. The third-order valence-corrected chi connectivity index (χ3v) is 4.95. The molecular formula is C20H21F3N4. The molecule has 1 aromatic heterocycles. The van der Waals surface area contributed by atoms with Gasteiger partial charge in [0.05, 0.1) is 23.1 Å². The van der Waals surface area contributed by atoms with Crippen molar-refractivity contribution in [3.63, 3.8) is 0 Å². The molecule has 4 nitrogen and oxygen atoms in total. The molecule has 0 atom stereocenters. The molecule has 1 N–H and O–H groups in total. The minimum Gasteiger partial charge on any atom is -0.341 e. The normalized spacial score (nSPS) is 16.9. The summed E-state index contributed by atoms with van der Waals surface area (Å²) in [6.45, 7) is 5.32. The molecule has 1 saturated heterocycles. The first kappa shape index (κ1) is 18.0. The second kappa shape index (κ2) is 7.32. The molecule has 1 fully saturated rings. The number of hydrogen-bond acceptors (Lipinski definition) is 3. The molecule has 3 aromatic rings. The maximum atomic E-state index is 12.8. The molecule has 7 heteroatoms. The van der Waals surface area contributed by atoms with E-state index >= 15 is 0 Å². The highest BCUT2D eigenvalue weighted by Crippen LogP contribution is 2.30. The van der Waals surface area contributed by atoms with Crippen LogP contribution in [0.5, 0.6) is 0 Å². The molecule has 27 heavy (non-hydrogen) atoms. The molecule has 0 unspecified atom stereocenters. The van der Waals surface area contributed by atoms with Gasteiger partial charge in [-0.05, 0) is 23.8 Å². The van der Waals surface area contributed by atoms with Gasteiger partial charge >= 0.3 is 6.18 Å². The lowest BCUT2D eigenvalue weighted by atomic mass is 10.2. The highest BCUT2D eigenvalue weighted by atomic mass is 19.4. The summed E-state index contributed by atoms with van der Waals surface area (Å²) in [4.78, 5) is 12.2. The molecule has 0 saturated carbocycles. The SMILES string of the molecule is FC(F)(F)c1ccc2nc(CN3CCN(Cc4ccccc4)CC3)[nH]c2c1. The summed E-state index contributed by atoms with van der Waals surface area (Å²) in [6, 6.07) is 14.0. The van der Waals surface area contributed by atoms with Crippen molar-refractivity contribution >= 4 is 11.0 Å². The summed E-state index contributed by atoms with van der Waals surface area (Å²) in [5.74, 6) is 0.709. The summed E-state index contributed by atoms with van der Waals surface area (Å²) < 4.78 is 38.5. The third-order valence-electron chi connectivity index (χ3n) is 4.95. The van der Waals surface area contributed by atoms with Crippen molar-refractivity contribution < 1.29 is 13.2 Å². The Hall–Kier alpha value is -2.38. The van der Waals surface area contributed by atoms with Gasteiger partial charge in [0.2, 0.25) is 0 Å². The Kier molecular flexibility index (Phi) is 4.88. The van der Waals surface area contributed by atoms with Crippen LogP contribution in [-0.4, -0.2) is 45.9 Å². The van der Waals surface area contributed by atoms with Gasteiger partial charge in [0, 0.05) is 32.7 Å². The van der Waals surface area contributed by atoms with Crippen LogP contribution in [0.2, 0.25) is 0 Å². The van der Waals surface area contributed by atoms with E-state index in [4.69, 9.17) is 0 Å². The summed E-state index contributed by atoms with van der Waals surface area (Å²) >= 11 is 0. The smallest absolute Gasteiger partial charge is 0.341 e. The van der Waals surface area contributed by atoms with Gasteiger partial charge in [0.15, 0.2) is 0 Å². The van der Waals surface area contributed by atoms with Crippen LogP contribution in [-0.2, 0) is 19.3 Å². The van der Waals surface area contributed by atoms with E-state index in [-0.39, 0.29) is 0 Å². The molecule has 0 bridgehead atoms. The Bertz CT molecular complexity index is 896. The Labute approximate surface area is 155 Å². The van der Waals surface area contributed by atoms with E-state index in [1.807, 2.05) is 6.07 Å². The van der Waals surface area contributed by atoms with Crippen molar-refractivity contribution in [2.45, 2.75) is 19.3 Å². The van der Waals surface area contributed by atoms with Crippen LogP contribution in [0.25, 0.3) is 11.0 Å². The average molecular weight is 374 g/mol. The maximum Gasteiger partial charge on any atom is 0.416 e. The van der Waals surface area contributed by atoms with Gasteiger partial charge in [-0.1, -0.05) is 30.3 Å². The van der Waals surface area contributed by atoms with Crippen molar-refractivity contribution in [2.24, 2.45) is 0 Å². The predicted molar refractivity (Wildman–Crippen MR) is 98.1 cm³/mol. The number of aromatic nitrogens is 2. The van der Waals surface area contributed by atoms with E-state index in [2.05, 4.69) is 44.0 Å². The number of aromatic amines is 1. The molecule has 1 aliphatic heterocycles. The van der Waals surface area contributed by atoms with E-state index in [1.165, 1.54) is 11.6 Å². The molecule has 0 spiro atoms. The number of halogens is 3. The van der Waals surface area contributed by atoms with Gasteiger partial charge in [-0.15, -0.1) is 0 Å². The van der Waals surface area contributed by atoms with Gasteiger partial charge in [-0.2, -0.15) is 13.2 Å². The van der Waals surface area contributed by atoms with Crippen LogP contribution >= 0.6 is 0 Å². The average Bonchev–Trinajstić information content (AvgIpc) is 3.05. The van der Waals surface area contributed by atoms with Crippen LogP contribution < -0.4 is 0 Å². The Morgan fingerprint density at radius 1 is 0.889 bits per heavy atom. The summed E-state index contributed by atoms with van der Waals surface area (Å²) in [6.07, 6.45) is -4.34. The highest BCUT2D eigenvalue weighted by Gasteiger charge is 2.30. The first-order chi connectivity index (χ1) is 13.0. The first-order valence-electron chi connectivity index (χ1n) is 9.02. The van der Waals surface area contributed by atoms with Gasteiger partial charge in [-0.3, -0.25) is 9.80 Å². The van der Waals surface area contributed by atoms with Crippen LogP contribution in [0.15, 0.2) is 48.5 Å². The number of imidazole rings is 1. The van der Waals surface area contributed by atoms with Crippen molar-refractivity contribution in [1.29, 1.82) is 0 Å². The fourth-order valence-corrected chi connectivity index (χ4v) is 3.47. The summed E-state index contributed by atoms with van der Waals surface area (Å²) in [5, 5.41) is 0. The Morgan fingerprint density at radius 3 is 2.22 bits per heavy atom. The molecule has 4 rings (SSSR count). The number of nitrogens with zero attached hydrogens (tertiary/aromatic N) is 3. The molecule has 0 aliphatic carbocycles. The lowest BCUT2D eigenvalue weighted by molar-refractivity contribution is -0.137. The van der Waals surface area contributed by atoms with E-state index in [1.54, 1.807) is 0 Å². The largest absolute Gasteiger partial charge is 0.416 e. The van der Waals surface area contributed by atoms with Crippen LogP contribution in [0.3, 0.4) is 0 Å². The minimum absolute atomic E-state index is 0.433. The zero-order valence-electron chi connectivity index (χ0n) is 14.8. The summed E-state index contributed by atoms with van der Waals surface area (Å²) in [5.41, 5.74) is 1.66. The summed E-state index contributed by atoms with van der Waals surface area (Å²) in [7, 11) is 0. The van der Waals surface area contributed by atoms with Crippen LogP contribution in [0.4, 0.5) is 13.2 Å². The number of H-pyrrole nitrogens is 1. The van der Waals surface area contributed by atoms with Gasteiger partial charge in [-0.25, -0.2) is 4.98 Å².